The second-order valence-corrected chi connectivity index (χ2v) is 6.55. The normalized spacial score (nSPS) is 13.2. The average molecular weight is 287 g/mol. The molecule has 1 aromatic heterocycles. The Kier molecular flexibility index (Phi) is 6.08. The van der Waals surface area contributed by atoms with Crippen molar-refractivity contribution in [1.29, 1.82) is 0 Å². The molecule has 1 aromatic rings. The molecule has 5 nitrogen and oxygen atoms in total. The summed E-state index contributed by atoms with van der Waals surface area (Å²) in [6.07, 6.45) is 3.80. The largest absolute Gasteiger partial charge is 0.469 e. The Balaban J connectivity index is 2.38. The van der Waals surface area contributed by atoms with E-state index in [1.165, 1.54) is 6.26 Å². The van der Waals surface area contributed by atoms with Gasteiger partial charge in [0.15, 0.2) is 0 Å². The van der Waals surface area contributed by atoms with Gasteiger partial charge < -0.3 is 4.42 Å². The van der Waals surface area contributed by atoms with Crippen molar-refractivity contribution in [3.63, 3.8) is 0 Å². The highest BCUT2D eigenvalue weighted by molar-refractivity contribution is 7.90. The zero-order chi connectivity index (χ0) is 14.3. The van der Waals surface area contributed by atoms with Crippen LogP contribution in [0.1, 0.15) is 38.9 Å². The molecule has 0 bridgehead atoms. The number of nitrogens with one attached hydrogen (secondary N) is 1. The number of carbonyl (C=O) groups excluding carboxylic acids is 1. The number of hydrogen-bond acceptors (Lipinski definition) is 4. The third-order valence-corrected chi connectivity index (χ3v) is 4.28. The van der Waals surface area contributed by atoms with Gasteiger partial charge in [-0.1, -0.05) is 20.3 Å². The SMILES string of the molecule is CCC[C@@H](C)CS(=O)(=O)NC(=O)CCc1ccco1. The number of sulfonamides is 1. The van der Waals surface area contributed by atoms with E-state index in [1.54, 1.807) is 12.1 Å². The Labute approximate surface area is 114 Å². The Hall–Kier alpha value is -1.30. The first kappa shape index (κ1) is 15.8. The molecule has 6 heteroatoms. The average Bonchev–Trinajstić information content (AvgIpc) is 2.77. The molecule has 0 radical (unpaired) electrons. The van der Waals surface area contributed by atoms with E-state index < -0.39 is 15.9 Å². The highest BCUT2D eigenvalue weighted by Crippen LogP contribution is 2.08. The summed E-state index contributed by atoms with van der Waals surface area (Å²) >= 11 is 0. The molecule has 0 unspecified atom stereocenters. The molecule has 0 aliphatic heterocycles. The first-order chi connectivity index (χ1) is 8.93. The van der Waals surface area contributed by atoms with Crippen molar-refractivity contribution in [3.8, 4) is 0 Å². The van der Waals surface area contributed by atoms with E-state index in [0.29, 0.717) is 12.2 Å². The molecule has 108 valence electrons. The Morgan fingerprint density at radius 3 is 2.79 bits per heavy atom. The third-order valence-electron chi connectivity index (χ3n) is 2.73. The fourth-order valence-corrected chi connectivity index (χ4v) is 3.36. The number of furan rings is 1. The van der Waals surface area contributed by atoms with E-state index in [9.17, 15) is 13.2 Å². The van der Waals surface area contributed by atoms with Gasteiger partial charge in [0.05, 0.1) is 12.0 Å². The monoisotopic (exact) mass is 287 g/mol. The minimum Gasteiger partial charge on any atom is -0.469 e. The van der Waals surface area contributed by atoms with Crippen LogP contribution in [-0.4, -0.2) is 20.1 Å². The van der Waals surface area contributed by atoms with E-state index in [2.05, 4.69) is 4.72 Å². The van der Waals surface area contributed by atoms with Crippen molar-refractivity contribution in [2.45, 2.75) is 39.5 Å². The molecule has 0 aliphatic carbocycles. The summed E-state index contributed by atoms with van der Waals surface area (Å²) in [4.78, 5) is 11.6. The number of amides is 1. The molecule has 1 atom stereocenters. The van der Waals surface area contributed by atoms with Gasteiger partial charge in [0.1, 0.15) is 5.76 Å². The summed E-state index contributed by atoms with van der Waals surface area (Å²) in [5, 5.41) is 0. The van der Waals surface area contributed by atoms with Crippen LogP contribution in [0.2, 0.25) is 0 Å². The summed E-state index contributed by atoms with van der Waals surface area (Å²) in [5.41, 5.74) is 0. The van der Waals surface area contributed by atoms with Crippen LogP contribution in [0.5, 0.6) is 0 Å². The molecule has 1 amide bonds. The van der Waals surface area contributed by atoms with Gasteiger partial charge in [-0.15, -0.1) is 0 Å². The number of carbonyl (C=O) groups is 1. The first-order valence-corrected chi connectivity index (χ1v) is 8.14. The van der Waals surface area contributed by atoms with Crippen LogP contribution < -0.4 is 4.72 Å². The van der Waals surface area contributed by atoms with Crippen LogP contribution >= 0.6 is 0 Å². The van der Waals surface area contributed by atoms with Crippen molar-refractivity contribution in [1.82, 2.24) is 4.72 Å². The molecule has 0 saturated heterocycles. The highest BCUT2D eigenvalue weighted by Gasteiger charge is 2.18. The van der Waals surface area contributed by atoms with Crippen molar-refractivity contribution in [3.05, 3.63) is 24.2 Å². The van der Waals surface area contributed by atoms with Crippen LogP contribution in [0.25, 0.3) is 0 Å². The lowest BCUT2D eigenvalue weighted by Crippen LogP contribution is -2.34. The first-order valence-electron chi connectivity index (χ1n) is 6.48. The van der Waals surface area contributed by atoms with Gasteiger partial charge >= 0.3 is 0 Å². The Morgan fingerprint density at radius 2 is 2.21 bits per heavy atom. The van der Waals surface area contributed by atoms with Crippen LogP contribution in [0.15, 0.2) is 22.8 Å². The molecule has 0 fully saturated rings. The van der Waals surface area contributed by atoms with Crippen LogP contribution in [0.3, 0.4) is 0 Å². The van der Waals surface area contributed by atoms with Gasteiger partial charge in [-0.05, 0) is 24.5 Å². The van der Waals surface area contributed by atoms with Crippen LogP contribution in [0, 0.1) is 5.92 Å². The summed E-state index contributed by atoms with van der Waals surface area (Å²) in [6.45, 7) is 3.88. The Morgan fingerprint density at radius 1 is 1.47 bits per heavy atom. The fraction of sp³-hybridized carbons (Fsp3) is 0.615. The van der Waals surface area contributed by atoms with Gasteiger partial charge in [0, 0.05) is 12.8 Å². The molecule has 0 aliphatic rings. The van der Waals surface area contributed by atoms with Gasteiger partial charge in [0.2, 0.25) is 15.9 Å². The van der Waals surface area contributed by atoms with Crippen LogP contribution in [-0.2, 0) is 21.2 Å². The van der Waals surface area contributed by atoms with E-state index in [1.807, 2.05) is 13.8 Å². The van der Waals surface area contributed by atoms with Crippen molar-refractivity contribution >= 4 is 15.9 Å². The molecule has 0 aromatic carbocycles. The number of hydrogen-bond donors (Lipinski definition) is 1. The predicted molar refractivity (Wildman–Crippen MR) is 73.0 cm³/mol. The van der Waals surface area contributed by atoms with E-state index in [-0.39, 0.29) is 18.1 Å². The third kappa shape index (κ3) is 6.42. The van der Waals surface area contributed by atoms with Crippen molar-refractivity contribution < 1.29 is 17.6 Å². The summed E-state index contributed by atoms with van der Waals surface area (Å²) in [7, 11) is -3.52. The van der Waals surface area contributed by atoms with Gasteiger partial charge in [0.25, 0.3) is 0 Å². The van der Waals surface area contributed by atoms with E-state index >= 15 is 0 Å². The van der Waals surface area contributed by atoms with Crippen LogP contribution in [0.4, 0.5) is 0 Å². The summed E-state index contributed by atoms with van der Waals surface area (Å²) < 4.78 is 30.6. The topological polar surface area (TPSA) is 76.4 Å². The highest BCUT2D eigenvalue weighted by atomic mass is 32.2. The predicted octanol–water partition coefficient (Wildman–Crippen LogP) is 2.09. The van der Waals surface area contributed by atoms with E-state index in [4.69, 9.17) is 4.42 Å². The molecule has 1 rings (SSSR count). The van der Waals surface area contributed by atoms with E-state index in [0.717, 1.165) is 12.8 Å². The van der Waals surface area contributed by atoms with Gasteiger partial charge in [-0.25, -0.2) is 8.42 Å². The molecule has 0 spiro atoms. The number of rotatable bonds is 8. The second kappa shape index (κ2) is 7.33. The zero-order valence-electron chi connectivity index (χ0n) is 11.4. The molecular formula is C13H21NO4S. The molecule has 19 heavy (non-hydrogen) atoms. The lowest BCUT2D eigenvalue weighted by Gasteiger charge is -2.11. The fourth-order valence-electron chi connectivity index (χ4n) is 1.91. The van der Waals surface area contributed by atoms with Gasteiger partial charge in [-0.3, -0.25) is 9.52 Å². The maximum atomic E-state index is 11.7. The quantitative estimate of drug-likeness (QED) is 0.794. The second-order valence-electron chi connectivity index (χ2n) is 4.78. The molecular weight excluding hydrogens is 266 g/mol. The Bertz CT molecular complexity index is 479. The summed E-state index contributed by atoms with van der Waals surface area (Å²) in [6, 6.07) is 3.49. The number of aryl methyl sites for hydroxylation is 1. The van der Waals surface area contributed by atoms with Crippen molar-refractivity contribution in [2.24, 2.45) is 5.92 Å². The van der Waals surface area contributed by atoms with Gasteiger partial charge in [-0.2, -0.15) is 0 Å². The zero-order valence-corrected chi connectivity index (χ0v) is 12.2. The molecule has 0 saturated carbocycles. The van der Waals surface area contributed by atoms with Crippen molar-refractivity contribution in [2.75, 3.05) is 5.75 Å². The lowest BCUT2D eigenvalue weighted by atomic mass is 10.1. The smallest absolute Gasteiger partial charge is 0.235 e. The summed E-state index contributed by atoms with van der Waals surface area (Å²) in [5.74, 6) is 0.236. The molecule has 1 heterocycles. The minimum atomic E-state index is -3.52. The maximum Gasteiger partial charge on any atom is 0.235 e. The lowest BCUT2D eigenvalue weighted by molar-refractivity contribution is -0.119. The standard InChI is InChI=1S/C13H21NO4S/c1-3-5-11(2)10-19(16,17)14-13(15)8-7-12-6-4-9-18-12/h4,6,9,11H,3,5,7-8,10H2,1-2H3,(H,14,15)/t11-/m1/s1. The molecule has 1 N–H and O–H groups in total. The minimum absolute atomic E-state index is 0.00662. The maximum absolute atomic E-state index is 11.7.